The van der Waals surface area contributed by atoms with E-state index in [1.54, 1.807) is 37.6 Å². The molecule has 0 unspecified atom stereocenters. The van der Waals surface area contributed by atoms with Crippen LogP contribution in [0.2, 0.25) is 0 Å². The molecule has 0 aliphatic carbocycles. The summed E-state index contributed by atoms with van der Waals surface area (Å²) in [6.45, 7) is 0.534. The third-order valence-electron chi connectivity index (χ3n) is 4.28. The van der Waals surface area contributed by atoms with Crippen molar-refractivity contribution in [1.29, 1.82) is 5.26 Å². The number of nitrogens with one attached hydrogen (secondary N) is 1. The Morgan fingerprint density at radius 2 is 1.62 bits per heavy atom. The minimum Gasteiger partial charge on any atom is -0.497 e. The van der Waals surface area contributed by atoms with E-state index in [2.05, 4.69) is 5.32 Å². The summed E-state index contributed by atoms with van der Waals surface area (Å²) in [5, 5.41) is 12.3. The van der Waals surface area contributed by atoms with Crippen molar-refractivity contribution in [3.63, 3.8) is 0 Å². The summed E-state index contributed by atoms with van der Waals surface area (Å²) in [5.41, 5.74) is 2.56. The first-order valence-electron chi connectivity index (χ1n) is 9.12. The molecule has 0 aliphatic heterocycles. The van der Waals surface area contributed by atoms with Crippen molar-refractivity contribution in [1.82, 2.24) is 0 Å². The second-order valence-corrected chi connectivity index (χ2v) is 6.29. The van der Waals surface area contributed by atoms with Gasteiger partial charge in [0.25, 0.3) is 5.91 Å². The molecule has 29 heavy (non-hydrogen) atoms. The first-order valence-corrected chi connectivity index (χ1v) is 9.12. The summed E-state index contributed by atoms with van der Waals surface area (Å²) >= 11 is 0. The van der Waals surface area contributed by atoms with E-state index in [0.717, 1.165) is 11.3 Å². The number of hydrogen-bond donors (Lipinski definition) is 1. The van der Waals surface area contributed by atoms with Crippen molar-refractivity contribution in [2.75, 3.05) is 17.3 Å². The van der Waals surface area contributed by atoms with Gasteiger partial charge in [-0.2, -0.15) is 5.26 Å². The minimum atomic E-state index is -0.466. The van der Waals surface area contributed by atoms with Crippen LogP contribution in [0.4, 0.5) is 11.4 Å². The highest BCUT2D eigenvalue weighted by Gasteiger charge is 2.13. The Morgan fingerprint density at radius 1 is 1.00 bits per heavy atom. The van der Waals surface area contributed by atoms with E-state index in [9.17, 15) is 10.1 Å². The van der Waals surface area contributed by atoms with Crippen LogP contribution in [0.15, 0.2) is 96.7 Å². The molecule has 0 saturated heterocycles. The highest BCUT2D eigenvalue weighted by atomic mass is 16.5. The summed E-state index contributed by atoms with van der Waals surface area (Å²) in [6, 6.07) is 28.5. The fourth-order valence-electron chi connectivity index (χ4n) is 2.78. The normalized spacial score (nSPS) is 10.7. The average Bonchev–Trinajstić information content (AvgIpc) is 2.78. The van der Waals surface area contributed by atoms with E-state index < -0.39 is 5.91 Å². The Labute approximate surface area is 170 Å². The van der Waals surface area contributed by atoms with Gasteiger partial charge in [-0.15, -0.1) is 0 Å². The van der Waals surface area contributed by atoms with Crippen LogP contribution in [-0.4, -0.2) is 13.0 Å². The number of ether oxygens (including phenoxy) is 1. The van der Waals surface area contributed by atoms with Gasteiger partial charge in [-0.25, -0.2) is 0 Å². The van der Waals surface area contributed by atoms with E-state index in [-0.39, 0.29) is 5.57 Å². The van der Waals surface area contributed by atoms with Crippen LogP contribution in [0.5, 0.6) is 5.75 Å². The predicted octanol–water partition coefficient (Wildman–Crippen LogP) is 4.75. The fourth-order valence-corrected chi connectivity index (χ4v) is 2.78. The maximum absolute atomic E-state index is 12.7. The Bertz CT molecular complexity index is 1010. The predicted molar refractivity (Wildman–Crippen MR) is 114 cm³/mol. The molecule has 0 aromatic heterocycles. The summed E-state index contributed by atoms with van der Waals surface area (Å²) < 4.78 is 5.12. The molecule has 0 bridgehead atoms. The molecule has 0 fully saturated rings. The van der Waals surface area contributed by atoms with E-state index in [1.165, 1.54) is 0 Å². The van der Waals surface area contributed by atoms with Crippen LogP contribution in [0.25, 0.3) is 0 Å². The lowest BCUT2D eigenvalue weighted by Gasteiger charge is -2.21. The third kappa shape index (κ3) is 5.47. The highest BCUT2D eigenvalue weighted by Crippen LogP contribution is 2.20. The molecule has 0 radical (unpaired) electrons. The van der Waals surface area contributed by atoms with Crippen molar-refractivity contribution < 1.29 is 9.53 Å². The Hall–Kier alpha value is -4.04. The maximum atomic E-state index is 12.7. The molecular weight excluding hydrogens is 362 g/mol. The number of nitriles is 1. The lowest BCUT2D eigenvalue weighted by atomic mass is 10.2. The van der Waals surface area contributed by atoms with Crippen LogP contribution in [0.1, 0.15) is 5.56 Å². The summed E-state index contributed by atoms with van der Waals surface area (Å²) in [4.78, 5) is 14.5. The topological polar surface area (TPSA) is 65.4 Å². The zero-order chi connectivity index (χ0) is 20.5. The van der Waals surface area contributed by atoms with Gasteiger partial charge in [0.1, 0.15) is 17.4 Å². The number of anilines is 2. The molecule has 5 nitrogen and oxygen atoms in total. The zero-order valence-corrected chi connectivity index (χ0v) is 16.1. The minimum absolute atomic E-state index is 0.0144. The molecule has 144 valence electrons. The molecule has 0 atom stereocenters. The number of carbonyl (C=O) groups excluding carboxylic acids is 1. The van der Waals surface area contributed by atoms with Crippen LogP contribution in [0, 0.1) is 11.3 Å². The number of hydrogen-bond acceptors (Lipinski definition) is 4. The largest absolute Gasteiger partial charge is 0.497 e. The quantitative estimate of drug-likeness (QED) is 0.472. The van der Waals surface area contributed by atoms with Gasteiger partial charge in [-0.1, -0.05) is 48.5 Å². The summed E-state index contributed by atoms with van der Waals surface area (Å²) in [6.07, 6.45) is 1.58. The van der Waals surface area contributed by atoms with Crippen molar-refractivity contribution in [2.24, 2.45) is 0 Å². The van der Waals surface area contributed by atoms with Gasteiger partial charge in [0.15, 0.2) is 0 Å². The molecule has 3 aromatic carbocycles. The van der Waals surface area contributed by atoms with E-state index in [4.69, 9.17) is 4.74 Å². The lowest BCUT2D eigenvalue weighted by Crippen LogP contribution is -2.20. The maximum Gasteiger partial charge on any atom is 0.267 e. The Balaban J connectivity index is 1.84. The molecule has 0 spiro atoms. The van der Waals surface area contributed by atoms with Gasteiger partial charge in [-0.05, 0) is 42.0 Å². The van der Waals surface area contributed by atoms with Crippen LogP contribution in [0.3, 0.4) is 0 Å². The molecule has 1 amide bonds. The molecule has 0 saturated carbocycles. The van der Waals surface area contributed by atoms with Crippen molar-refractivity contribution in [2.45, 2.75) is 6.54 Å². The smallest absolute Gasteiger partial charge is 0.267 e. The summed E-state index contributed by atoms with van der Waals surface area (Å²) in [5.74, 6) is 0.226. The Kier molecular flexibility index (Phi) is 6.64. The first-order chi connectivity index (χ1) is 14.2. The average molecular weight is 383 g/mol. The molecule has 1 N–H and O–H groups in total. The molecule has 3 aromatic rings. The Morgan fingerprint density at radius 3 is 2.21 bits per heavy atom. The number of amides is 1. The monoisotopic (exact) mass is 383 g/mol. The molecule has 0 heterocycles. The van der Waals surface area contributed by atoms with E-state index in [1.807, 2.05) is 71.6 Å². The third-order valence-corrected chi connectivity index (χ3v) is 4.28. The van der Waals surface area contributed by atoms with Gasteiger partial charge in [0, 0.05) is 24.1 Å². The highest BCUT2D eigenvalue weighted by molar-refractivity contribution is 6.06. The van der Waals surface area contributed by atoms with Gasteiger partial charge >= 0.3 is 0 Å². The van der Waals surface area contributed by atoms with Crippen LogP contribution in [-0.2, 0) is 11.3 Å². The van der Waals surface area contributed by atoms with Gasteiger partial charge < -0.3 is 15.0 Å². The molecule has 3 rings (SSSR count). The number of para-hydroxylation sites is 1. The van der Waals surface area contributed by atoms with Crippen molar-refractivity contribution >= 4 is 17.3 Å². The molecular formula is C24H21N3O2. The number of methoxy groups -OCH3 is 1. The SMILES string of the molecule is COc1ccc(NC(=O)/C(C#N)=C\N(Cc2ccccc2)c2ccccc2)cc1. The van der Waals surface area contributed by atoms with Crippen molar-refractivity contribution in [3.05, 3.63) is 102 Å². The number of rotatable bonds is 7. The van der Waals surface area contributed by atoms with Crippen LogP contribution >= 0.6 is 0 Å². The summed E-state index contributed by atoms with van der Waals surface area (Å²) in [7, 11) is 1.58. The van der Waals surface area contributed by atoms with Crippen molar-refractivity contribution in [3.8, 4) is 11.8 Å². The zero-order valence-electron chi connectivity index (χ0n) is 16.1. The number of carbonyl (C=O) groups is 1. The second kappa shape index (κ2) is 9.77. The molecule has 5 heteroatoms. The number of nitrogens with zero attached hydrogens (tertiary/aromatic N) is 2. The van der Waals surface area contributed by atoms with Crippen LogP contribution < -0.4 is 15.0 Å². The van der Waals surface area contributed by atoms with Gasteiger partial charge in [0.05, 0.1) is 7.11 Å². The number of benzene rings is 3. The van der Waals surface area contributed by atoms with Gasteiger partial charge in [0.2, 0.25) is 0 Å². The van der Waals surface area contributed by atoms with E-state index >= 15 is 0 Å². The standard InChI is InChI=1S/C24H21N3O2/c1-29-23-14-12-21(13-15-23)26-24(28)20(16-25)18-27(22-10-6-3-7-11-22)17-19-8-4-2-5-9-19/h2-15,18H,17H2,1H3,(H,26,28)/b20-18-. The van der Waals surface area contributed by atoms with E-state index in [0.29, 0.717) is 18.0 Å². The second-order valence-electron chi connectivity index (χ2n) is 6.29. The fraction of sp³-hybridized carbons (Fsp3) is 0.0833. The molecule has 0 aliphatic rings. The first kappa shape index (κ1) is 19.7. The lowest BCUT2D eigenvalue weighted by molar-refractivity contribution is -0.112. The van der Waals surface area contributed by atoms with Gasteiger partial charge in [-0.3, -0.25) is 4.79 Å².